The molecule has 1 aromatic carbocycles. The van der Waals surface area contributed by atoms with Gasteiger partial charge in [-0.2, -0.15) is 8.78 Å². The number of carbonyl (C=O) groups excluding carboxylic acids is 2. The molecule has 0 atom stereocenters. The summed E-state index contributed by atoms with van der Waals surface area (Å²) in [5.41, 5.74) is 0.434. The summed E-state index contributed by atoms with van der Waals surface area (Å²) in [5.74, 6) is -3.63. The summed E-state index contributed by atoms with van der Waals surface area (Å²) >= 11 is 0.421. The molecule has 0 bridgehead atoms. The molecule has 0 aromatic heterocycles. The summed E-state index contributed by atoms with van der Waals surface area (Å²) in [4.78, 5) is 23.2. The number of amides is 1. The smallest absolute Gasteiger partial charge is 0.331 e. The van der Waals surface area contributed by atoms with Crippen LogP contribution in [0.15, 0.2) is 53.5 Å². The van der Waals surface area contributed by atoms with Crippen molar-refractivity contribution < 1.29 is 23.1 Å². The molecule has 0 fully saturated rings. The molecule has 118 valence electrons. The Balaban J connectivity index is 2.40. The summed E-state index contributed by atoms with van der Waals surface area (Å²) in [6.07, 6.45) is 6.09. The Kier molecular flexibility index (Phi) is 7.91. The van der Waals surface area contributed by atoms with Crippen LogP contribution in [0.4, 0.5) is 14.5 Å². The maximum absolute atomic E-state index is 12.2. The zero-order chi connectivity index (χ0) is 16.4. The van der Waals surface area contributed by atoms with Crippen molar-refractivity contribution in [2.45, 2.75) is 17.6 Å². The second-order valence-corrected chi connectivity index (χ2v) is 5.01. The number of esters is 1. The highest BCUT2D eigenvalue weighted by Crippen LogP contribution is 2.26. The van der Waals surface area contributed by atoms with E-state index in [4.69, 9.17) is 4.74 Å². The zero-order valence-corrected chi connectivity index (χ0v) is 12.6. The van der Waals surface area contributed by atoms with Gasteiger partial charge in [0.2, 0.25) is 0 Å². The second-order valence-electron chi connectivity index (χ2n) is 3.94. The Labute approximate surface area is 131 Å². The summed E-state index contributed by atoms with van der Waals surface area (Å²) < 4.78 is 29.0. The number of hydrogen-bond acceptors (Lipinski definition) is 4. The highest BCUT2D eigenvalue weighted by Gasteiger charge is 2.07. The van der Waals surface area contributed by atoms with Gasteiger partial charge in [-0.05, 0) is 31.2 Å². The van der Waals surface area contributed by atoms with E-state index in [-0.39, 0.29) is 0 Å². The molecule has 0 radical (unpaired) electrons. The summed E-state index contributed by atoms with van der Waals surface area (Å²) in [6.45, 7) is 1.38. The Morgan fingerprint density at radius 2 is 1.95 bits per heavy atom. The van der Waals surface area contributed by atoms with Crippen LogP contribution < -0.4 is 5.32 Å². The van der Waals surface area contributed by atoms with Crippen molar-refractivity contribution in [3.05, 3.63) is 48.6 Å². The normalized spacial score (nSPS) is 11.3. The molecular weight excluding hydrogens is 312 g/mol. The lowest BCUT2D eigenvalue weighted by Crippen LogP contribution is -2.20. The molecule has 0 aliphatic heterocycles. The number of ether oxygens (including phenoxy) is 1. The van der Waals surface area contributed by atoms with Crippen molar-refractivity contribution in [1.29, 1.82) is 0 Å². The molecule has 22 heavy (non-hydrogen) atoms. The number of thioether (sulfide) groups is 1. The number of benzene rings is 1. The quantitative estimate of drug-likeness (QED) is 0.360. The van der Waals surface area contributed by atoms with Crippen molar-refractivity contribution >= 4 is 29.3 Å². The number of anilines is 1. The number of nitrogens with one attached hydrogen (secondary N) is 1. The molecule has 0 spiro atoms. The van der Waals surface area contributed by atoms with Crippen LogP contribution >= 0.6 is 11.8 Å². The standard InChI is InChI=1S/C15H15F2NO3S/c1-2-3-4-5-14(20)21-10-13(19)18-11-6-8-12(9-7-11)22-15(16)17/h2-9,15H,10H2,1H3,(H,18,19)/b3-2+,5-4+. The molecule has 0 heterocycles. The molecule has 0 aliphatic rings. The van der Waals surface area contributed by atoms with E-state index in [0.29, 0.717) is 22.3 Å². The number of alkyl halides is 2. The molecule has 1 N–H and O–H groups in total. The third kappa shape index (κ3) is 7.58. The summed E-state index contributed by atoms with van der Waals surface area (Å²) in [5, 5.41) is 2.49. The lowest BCUT2D eigenvalue weighted by atomic mass is 10.3. The van der Waals surface area contributed by atoms with Crippen molar-refractivity contribution in [2.75, 3.05) is 11.9 Å². The number of carbonyl (C=O) groups is 2. The van der Waals surface area contributed by atoms with E-state index in [1.165, 1.54) is 36.4 Å². The summed E-state index contributed by atoms with van der Waals surface area (Å²) in [6, 6.07) is 5.93. The first kappa shape index (κ1) is 17.9. The van der Waals surface area contributed by atoms with Gasteiger partial charge in [0.1, 0.15) is 0 Å². The monoisotopic (exact) mass is 327 g/mol. The van der Waals surface area contributed by atoms with Crippen LogP contribution in [0.5, 0.6) is 0 Å². The van der Waals surface area contributed by atoms with E-state index in [1.54, 1.807) is 19.1 Å². The highest BCUT2D eigenvalue weighted by molar-refractivity contribution is 7.99. The first-order chi connectivity index (χ1) is 10.5. The molecule has 0 unspecified atom stereocenters. The molecule has 4 nitrogen and oxygen atoms in total. The van der Waals surface area contributed by atoms with Crippen LogP contribution in [0.1, 0.15) is 6.92 Å². The van der Waals surface area contributed by atoms with E-state index in [9.17, 15) is 18.4 Å². The van der Waals surface area contributed by atoms with E-state index >= 15 is 0 Å². The van der Waals surface area contributed by atoms with Crippen molar-refractivity contribution in [1.82, 2.24) is 0 Å². The zero-order valence-electron chi connectivity index (χ0n) is 11.8. The van der Waals surface area contributed by atoms with Gasteiger partial charge in [-0.25, -0.2) is 4.79 Å². The maximum atomic E-state index is 12.2. The van der Waals surface area contributed by atoms with Gasteiger partial charge in [-0.15, -0.1) is 0 Å². The number of hydrogen-bond donors (Lipinski definition) is 1. The number of halogens is 2. The maximum Gasteiger partial charge on any atom is 0.331 e. The van der Waals surface area contributed by atoms with Crippen LogP contribution in [0.25, 0.3) is 0 Å². The molecule has 0 saturated heterocycles. The van der Waals surface area contributed by atoms with Crippen molar-refractivity contribution in [3.8, 4) is 0 Å². The van der Waals surface area contributed by atoms with Crippen molar-refractivity contribution in [2.24, 2.45) is 0 Å². The van der Waals surface area contributed by atoms with Gasteiger partial charge < -0.3 is 10.1 Å². The fraction of sp³-hybridized carbons (Fsp3) is 0.200. The predicted molar refractivity (Wildman–Crippen MR) is 81.8 cm³/mol. The Morgan fingerprint density at radius 1 is 1.27 bits per heavy atom. The molecule has 0 saturated carbocycles. The minimum absolute atomic E-state index is 0.397. The van der Waals surface area contributed by atoms with Gasteiger partial charge >= 0.3 is 5.97 Å². The van der Waals surface area contributed by atoms with E-state index < -0.39 is 24.2 Å². The minimum atomic E-state index is -2.49. The van der Waals surface area contributed by atoms with Gasteiger partial charge in [0.25, 0.3) is 11.7 Å². The highest BCUT2D eigenvalue weighted by atomic mass is 32.2. The lowest BCUT2D eigenvalue weighted by Gasteiger charge is -2.06. The third-order valence-electron chi connectivity index (χ3n) is 2.24. The predicted octanol–water partition coefficient (Wildman–Crippen LogP) is 3.62. The number of rotatable bonds is 7. The van der Waals surface area contributed by atoms with E-state index in [2.05, 4.69) is 5.32 Å². The van der Waals surface area contributed by atoms with Gasteiger partial charge in [0, 0.05) is 16.7 Å². The third-order valence-corrected chi connectivity index (χ3v) is 2.97. The largest absolute Gasteiger partial charge is 0.452 e. The van der Waals surface area contributed by atoms with Gasteiger partial charge in [-0.3, -0.25) is 4.79 Å². The first-order valence-electron chi connectivity index (χ1n) is 6.32. The fourth-order valence-corrected chi connectivity index (χ4v) is 1.85. The SMILES string of the molecule is C/C=C/C=C/C(=O)OCC(=O)Nc1ccc(SC(F)F)cc1. The van der Waals surface area contributed by atoms with Gasteiger partial charge in [0.05, 0.1) is 0 Å². The molecule has 1 amide bonds. The Morgan fingerprint density at radius 3 is 2.55 bits per heavy atom. The van der Waals surface area contributed by atoms with Crippen LogP contribution in [0, 0.1) is 0 Å². The molecular formula is C15H15F2NO3S. The average Bonchev–Trinajstić information content (AvgIpc) is 2.47. The van der Waals surface area contributed by atoms with Gasteiger partial charge in [0.15, 0.2) is 6.61 Å². The van der Waals surface area contributed by atoms with Crippen LogP contribution in [-0.2, 0) is 14.3 Å². The molecule has 0 aliphatic carbocycles. The topological polar surface area (TPSA) is 55.4 Å². The van der Waals surface area contributed by atoms with Crippen LogP contribution in [0.2, 0.25) is 0 Å². The van der Waals surface area contributed by atoms with Crippen LogP contribution in [-0.4, -0.2) is 24.2 Å². The van der Waals surface area contributed by atoms with Gasteiger partial charge in [-0.1, -0.05) is 30.0 Å². The lowest BCUT2D eigenvalue weighted by molar-refractivity contribution is -0.142. The second kappa shape index (κ2) is 9.73. The van der Waals surface area contributed by atoms with E-state index in [0.717, 1.165) is 0 Å². The summed E-state index contributed by atoms with van der Waals surface area (Å²) in [7, 11) is 0. The minimum Gasteiger partial charge on any atom is -0.452 e. The average molecular weight is 327 g/mol. The molecule has 1 rings (SSSR count). The fourth-order valence-electron chi connectivity index (χ4n) is 1.35. The molecule has 7 heteroatoms. The number of allylic oxidation sites excluding steroid dienone is 3. The molecule has 1 aromatic rings. The Hall–Kier alpha value is -2.15. The Bertz CT molecular complexity index is 556. The first-order valence-corrected chi connectivity index (χ1v) is 7.20. The van der Waals surface area contributed by atoms with E-state index in [1.807, 2.05) is 0 Å². The van der Waals surface area contributed by atoms with Crippen LogP contribution in [0.3, 0.4) is 0 Å². The van der Waals surface area contributed by atoms with Crippen molar-refractivity contribution in [3.63, 3.8) is 0 Å².